The smallest absolute Gasteiger partial charge is 0.267 e. The van der Waals surface area contributed by atoms with Crippen LogP contribution in [0.3, 0.4) is 0 Å². The molecule has 1 aliphatic heterocycles. The third-order valence-electron chi connectivity index (χ3n) is 3.12. The lowest BCUT2D eigenvalue weighted by Gasteiger charge is -2.05. The number of primary amides is 1. The van der Waals surface area contributed by atoms with Crippen molar-refractivity contribution < 1.29 is 4.79 Å². The summed E-state index contributed by atoms with van der Waals surface area (Å²) >= 11 is 0. The molecule has 0 atom stereocenters. The highest BCUT2D eigenvalue weighted by molar-refractivity contribution is 5.91. The molecule has 4 nitrogen and oxygen atoms in total. The second kappa shape index (κ2) is 2.26. The molecule has 1 amide bonds. The van der Waals surface area contributed by atoms with E-state index in [4.69, 9.17) is 5.73 Å². The minimum absolute atomic E-state index is 0.223. The normalized spacial score (nSPS) is 20.3. The van der Waals surface area contributed by atoms with E-state index < -0.39 is 5.91 Å². The third kappa shape index (κ3) is 0.880. The Bertz CT molecular complexity index is 423. The maximum Gasteiger partial charge on any atom is 0.267 e. The van der Waals surface area contributed by atoms with Gasteiger partial charge in [0.15, 0.2) is 0 Å². The van der Waals surface area contributed by atoms with Crippen LogP contribution >= 0.6 is 0 Å². The second-order valence-corrected chi connectivity index (χ2v) is 4.09. The first kappa shape index (κ1) is 7.79. The van der Waals surface area contributed by atoms with Crippen molar-refractivity contribution in [2.75, 3.05) is 11.9 Å². The third-order valence-corrected chi connectivity index (χ3v) is 3.12. The van der Waals surface area contributed by atoms with Crippen molar-refractivity contribution in [1.82, 2.24) is 4.98 Å². The van der Waals surface area contributed by atoms with Crippen molar-refractivity contribution >= 4 is 11.6 Å². The van der Waals surface area contributed by atoms with Crippen molar-refractivity contribution in [2.45, 2.75) is 18.3 Å². The predicted octanol–water partition coefficient (Wildman–Crippen LogP) is 0.638. The Balaban J connectivity index is 2.13. The molecule has 1 spiro atoms. The molecule has 2 heterocycles. The minimum atomic E-state index is -0.449. The molecule has 0 radical (unpaired) electrons. The molecule has 1 fully saturated rings. The standard InChI is InChI=1S/C10H11N3O/c11-9(14)7-2-1-6-8(13-7)10(3-4-10)5-12-6/h1-2,12H,3-5H2,(H2,11,14). The molecule has 4 heteroatoms. The van der Waals surface area contributed by atoms with Crippen LogP contribution in [-0.4, -0.2) is 17.4 Å². The zero-order valence-corrected chi connectivity index (χ0v) is 7.71. The lowest BCUT2D eigenvalue weighted by molar-refractivity contribution is 0.0995. The number of nitrogens with two attached hydrogens (primary N) is 1. The number of anilines is 1. The van der Waals surface area contributed by atoms with E-state index in [1.54, 1.807) is 6.07 Å². The number of nitrogens with zero attached hydrogens (tertiary/aromatic N) is 1. The molecule has 0 aromatic carbocycles. The van der Waals surface area contributed by atoms with E-state index >= 15 is 0 Å². The maximum absolute atomic E-state index is 11.0. The van der Waals surface area contributed by atoms with Gasteiger partial charge in [-0.05, 0) is 25.0 Å². The zero-order valence-electron chi connectivity index (χ0n) is 7.71. The fraction of sp³-hybridized carbons (Fsp3) is 0.400. The number of carbonyl (C=O) groups is 1. The van der Waals surface area contributed by atoms with Gasteiger partial charge in [-0.1, -0.05) is 0 Å². The number of nitrogens with one attached hydrogen (secondary N) is 1. The zero-order chi connectivity index (χ0) is 9.76. The van der Waals surface area contributed by atoms with E-state index in [1.165, 1.54) is 12.8 Å². The summed E-state index contributed by atoms with van der Waals surface area (Å²) in [6.45, 7) is 0.956. The summed E-state index contributed by atoms with van der Waals surface area (Å²) < 4.78 is 0. The van der Waals surface area contributed by atoms with Gasteiger partial charge in [0.25, 0.3) is 5.91 Å². The lowest BCUT2D eigenvalue weighted by atomic mass is 10.0. The highest BCUT2D eigenvalue weighted by atomic mass is 16.1. The first-order chi connectivity index (χ1) is 6.71. The fourth-order valence-electron chi connectivity index (χ4n) is 2.06. The monoisotopic (exact) mass is 189 g/mol. The largest absolute Gasteiger partial charge is 0.383 e. The minimum Gasteiger partial charge on any atom is -0.383 e. The van der Waals surface area contributed by atoms with Crippen molar-refractivity contribution in [3.8, 4) is 0 Å². The summed E-state index contributed by atoms with van der Waals surface area (Å²) in [6.07, 6.45) is 2.34. The van der Waals surface area contributed by atoms with Crippen LogP contribution < -0.4 is 11.1 Å². The van der Waals surface area contributed by atoms with Gasteiger partial charge in [-0.15, -0.1) is 0 Å². The summed E-state index contributed by atoms with van der Waals surface area (Å²) in [7, 11) is 0. The van der Waals surface area contributed by atoms with Crippen molar-refractivity contribution in [3.63, 3.8) is 0 Å². The van der Waals surface area contributed by atoms with Gasteiger partial charge in [0.2, 0.25) is 0 Å². The van der Waals surface area contributed by atoms with Crippen LogP contribution in [0.1, 0.15) is 29.0 Å². The van der Waals surface area contributed by atoms with Crippen LogP contribution in [0, 0.1) is 0 Å². The molecule has 14 heavy (non-hydrogen) atoms. The Kier molecular flexibility index (Phi) is 1.26. The van der Waals surface area contributed by atoms with Crippen LogP contribution in [0.25, 0.3) is 0 Å². The molecule has 0 saturated heterocycles. The van der Waals surface area contributed by atoms with Gasteiger partial charge in [-0.25, -0.2) is 4.98 Å². The highest BCUT2D eigenvalue weighted by Crippen LogP contribution is 2.53. The molecule has 3 rings (SSSR count). The number of rotatable bonds is 1. The molecule has 1 saturated carbocycles. The van der Waals surface area contributed by atoms with E-state index in [0.717, 1.165) is 17.9 Å². The number of hydrogen-bond donors (Lipinski definition) is 2. The Hall–Kier alpha value is -1.58. The van der Waals surface area contributed by atoms with Gasteiger partial charge in [0.1, 0.15) is 5.69 Å². The summed E-state index contributed by atoms with van der Waals surface area (Å²) in [4.78, 5) is 15.3. The van der Waals surface area contributed by atoms with E-state index in [1.807, 2.05) is 6.07 Å². The quantitative estimate of drug-likeness (QED) is 0.681. The molecule has 0 unspecified atom stereocenters. The van der Waals surface area contributed by atoms with E-state index in [2.05, 4.69) is 10.3 Å². The molecule has 2 aliphatic rings. The van der Waals surface area contributed by atoms with Gasteiger partial charge in [0, 0.05) is 12.0 Å². The summed E-state index contributed by atoms with van der Waals surface area (Å²) in [5.74, 6) is -0.449. The average Bonchev–Trinajstić information content (AvgIpc) is 2.85. The van der Waals surface area contributed by atoms with Crippen molar-refractivity contribution in [3.05, 3.63) is 23.5 Å². The lowest BCUT2D eigenvalue weighted by Crippen LogP contribution is -2.15. The first-order valence-electron chi connectivity index (χ1n) is 4.76. The van der Waals surface area contributed by atoms with Crippen LogP contribution in [-0.2, 0) is 5.41 Å². The summed E-state index contributed by atoms with van der Waals surface area (Å²) in [5.41, 5.74) is 7.89. The van der Waals surface area contributed by atoms with Crippen LogP contribution in [0.4, 0.5) is 5.69 Å². The Labute approximate surface area is 81.5 Å². The van der Waals surface area contributed by atoms with E-state index in [9.17, 15) is 4.79 Å². The van der Waals surface area contributed by atoms with Crippen LogP contribution in [0.2, 0.25) is 0 Å². The SMILES string of the molecule is NC(=O)c1ccc2c(n1)C1(CC1)CN2. The average molecular weight is 189 g/mol. The number of amides is 1. The maximum atomic E-state index is 11.0. The topological polar surface area (TPSA) is 68.0 Å². The number of fused-ring (bicyclic) bond motifs is 2. The number of carbonyl (C=O) groups excluding carboxylic acids is 1. The molecule has 1 aliphatic carbocycles. The molecule has 0 bridgehead atoms. The van der Waals surface area contributed by atoms with Crippen LogP contribution in [0.15, 0.2) is 12.1 Å². The van der Waals surface area contributed by atoms with Gasteiger partial charge in [-0.2, -0.15) is 0 Å². The molecular weight excluding hydrogens is 178 g/mol. The second-order valence-electron chi connectivity index (χ2n) is 4.09. The van der Waals surface area contributed by atoms with Crippen molar-refractivity contribution in [2.24, 2.45) is 5.73 Å². The first-order valence-corrected chi connectivity index (χ1v) is 4.76. The summed E-state index contributed by atoms with van der Waals surface area (Å²) in [6, 6.07) is 3.57. The summed E-state index contributed by atoms with van der Waals surface area (Å²) in [5, 5.41) is 3.30. The van der Waals surface area contributed by atoms with E-state index in [-0.39, 0.29) is 5.41 Å². The highest BCUT2D eigenvalue weighted by Gasteiger charge is 2.50. The number of hydrogen-bond acceptors (Lipinski definition) is 3. The van der Waals surface area contributed by atoms with E-state index in [0.29, 0.717) is 5.69 Å². The van der Waals surface area contributed by atoms with Gasteiger partial charge < -0.3 is 11.1 Å². The Morgan fingerprint density at radius 3 is 2.93 bits per heavy atom. The molecule has 1 aromatic rings. The van der Waals surface area contributed by atoms with Gasteiger partial charge in [-0.3, -0.25) is 4.79 Å². The van der Waals surface area contributed by atoms with Crippen LogP contribution in [0.5, 0.6) is 0 Å². The predicted molar refractivity (Wildman–Crippen MR) is 52.2 cm³/mol. The molecule has 72 valence electrons. The number of pyridine rings is 1. The van der Waals surface area contributed by atoms with Gasteiger partial charge in [0.05, 0.1) is 11.4 Å². The number of aromatic nitrogens is 1. The Morgan fingerprint density at radius 1 is 1.50 bits per heavy atom. The molecular formula is C10H11N3O. The van der Waals surface area contributed by atoms with Gasteiger partial charge >= 0.3 is 0 Å². The fourth-order valence-corrected chi connectivity index (χ4v) is 2.06. The Morgan fingerprint density at radius 2 is 2.29 bits per heavy atom. The molecule has 1 aromatic heterocycles. The van der Waals surface area contributed by atoms with Crippen molar-refractivity contribution in [1.29, 1.82) is 0 Å². The molecule has 3 N–H and O–H groups in total.